The summed E-state index contributed by atoms with van der Waals surface area (Å²) in [7, 11) is 0. The maximum absolute atomic E-state index is 11.0. The highest BCUT2D eigenvalue weighted by atomic mass is 79.9. The molecule has 0 bridgehead atoms. The monoisotopic (exact) mass is 355 g/mol. The summed E-state index contributed by atoms with van der Waals surface area (Å²) in [6.45, 7) is 0.231. The molecule has 0 aliphatic heterocycles. The summed E-state index contributed by atoms with van der Waals surface area (Å²) in [5.41, 5.74) is 1.65. The number of hydrogen-bond donors (Lipinski definition) is 0. The first kappa shape index (κ1) is 14.8. The average Bonchev–Trinajstić information content (AvgIpc) is 2.45. The van der Waals surface area contributed by atoms with E-state index in [2.05, 4.69) is 15.9 Å². The Morgan fingerprint density at radius 1 is 1.20 bits per heavy atom. The lowest BCUT2D eigenvalue weighted by Crippen LogP contribution is -1.99. The molecule has 0 aliphatic rings. The summed E-state index contributed by atoms with van der Waals surface area (Å²) in [6, 6.07) is 12.1. The predicted octanol–water partition coefficient (Wildman–Crippen LogP) is 4.72. The highest BCUT2D eigenvalue weighted by molar-refractivity contribution is 9.08. The second-order valence-corrected chi connectivity index (χ2v) is 5.11. The fourth-order valence-corrected chi connectivity index (χ4v) is 2.26. The van der Waals surface area contributed by atoms with Crippen molar-refractivity contribution in [1.82, 2.24) is 0 Å². The van der Waals surface area contributed by atoms with Gasteiger partial charge in [-0.05, 0) is 29.3 Å². The average molecular weight is 357 g/mol. The van der Waals surface area contributed by atoms with Crippen molar-refractivity contribution in [3.63, 3.8) is 0 Å². The maximum Gasteiger partial charge on any atom is 0.311 e. The highest BCUT2D eigenvalue weighted by Crippen LogP contribution is 2.29. The molecule has 0 fully saturated rings. The molecule has 0 amide bonds. The van der Waals surface area contributed by atoms with Crippen LogP contribution in [-0.4, -0.2) is 4.92 Å². The first-order valence-corrected chi connectivity index (χ1v) is 7.30. The second-order valence-electron chi connectivity index (χ2n) is 4.11. The number of halogens is 2. The summed E-state index contributed by atoms with van der Waals surface area (Å²) in [5.74, 6) is 0.250. The van der Waals surface area contributed by atoms with E-state index in [4.69, 9.17) is 16.3 Å². The van der Waals surface area contributed by atoms with Crippen LogP contribution >= 0.6 is 27.5 Å². The van der Waals surface area contributed by atoms with E-state index in [9.17, 15) is 10.1 Å². The molecule has 0 spiro atoms. The third-order valence-electron chi connectivity index (χ3n) is 2.66. The van der Waals surface area contributed by atoms with Gasteiger partial charge in [0.1, 0.15) is 6.61 Å². The van der Waals surface area contributed by atoms with Crippen molar-refractivity contribution in [3.8, 4) is 5.75 Å². The number of rotatable bonds is 5. The van der Waals surface area contributed by atoms with Gasteiger partial charge in [0, 0.05) is 16.4 Å². The Balaban J connectivity index is 2.18. The van der Waals surface area contributed by atoms with Gasteiger partial charge in [-0.2, -0.15) is 0 Å². The zero-order chi connectivity index (χ0) is 14.5. The molecule has 2 aromatic carbocycles. The third-order valence-corrected chi connectivity index (χ3v) is 3.54. The summed E-state index contributed by atoms with van der Waals surface area (Å²) in [6.07, 6.45) is 0. The Labute approximate surface area is 129 Å². The van der Waals surface area contributed by atoms with Crippen molar-refractivity contribution in [2.75, 3.05) is 0 Å². The smallest absolute Gasteiger partial charge is 0.311 e. The maximum atomic E-state index is 11.0. The minimum absolute atomic E-state index is 0.0380. The fraction of sp³-hybridized carbons (Fsp3) is 0.143. The molecule has 104 valence electrons. The topological polar surface area (TPSA) is 52.4 Å². The molecular weight excluding hydrogens is 346 g/mol. The summed E-state index contributed by atoms with van der Waals surface area (Å²) in [4.78, 5) is 10.6. The Kier molecular flexibility index (Phi) is 4.98. The molecule has 0 aromatic heterocycles. The van der Waals surface area contributed by atoms with E-state index in [1.54, 1.807) is 24.3 Å². The van der Waals surface area contributed by atoms with Crippen LogP contribution in [0, 0.1) is 10.1 Å². The van der Waals surface area contributed by atoms with Crippen LogP contribution in [0.3, 0.4) is 0 Å². The molecule has 20 heavy (non-hydrogen) atoms. The van der Waals surface area contributed by atoms with Crippen molar-refractivity contribution in [3.05, 3.63) is 68.7 Å². The molecule has 0 atom stereocenters. The number of nitro benzene ring substituents is 1. The van der Waals surface area contributed by atoms with E-state index < -0.39 is 4.92 Å². The van der Waals surface area contributed by atoms with Crippen LogP contribution in [0.1, 0.15) is 11.1 Å². The molecular formula is C14H11BrClNO3. The number of hydrogen-bond acceptors (Lipinski definition) is 3. The minimum atomic E-state index is -0.445. The Morgan fingerprint density at radius 2 is 2.00 bits per heavy atom. The SMILES string of the molecule is O=[N+]([O-])c1cc(CBr)ccc1OCc1cccc(Cl)c1. The number of alkyl halides is 1. The third kappa shape index (κ3) is 3.71. The van der Waals surface area contributed by atoms with Crippen molar-refractivity contribution in [2.45, 2.75) is 11.9 Å². The van der Waals surface area contributed by atoms with Gasteiger partial charge in [-0.25, -0.2) is 0 Å². The molecule has 2 rings (SSSR count). The molecule has 4 nitrogen and oxygen atoms in total. The van der Waals surface area contributed by atoms with E-state index in [-0.39, 0.29) is 18.0 Å². The molecule has 0 N–H and O–H groups in total. The molecule has 0 radical (unpaired) electrons. The molecule has 0 unspecified atom stereocenters. The highest BCUT2D eigenvalue weighted by Gasteiger charge is 2.15. The fourth-order valence-electron chi connectivity index (χ4n) is 1.70. The van der Waals surface area contributed by atoms with E-state index in [1.165, 1.54) is 6.07 Å². The first-order chi connectivity index (χ1) is 9.60. The number of nitrogens with zero attached hydrogens (tertiary/aromatic N) is 1. The van der Waals surface area contributed by atoms with E-state index >= 15 is 0 Å². The molecule has 0 saturated carbocycles. The summed E-state index contributed by atoms with van der Waals surface area (Å²) >= 11 is 9.15. The molecule has 0 aliphatic carbocycles. The second kappa shape index (κ2) is 6.72. The number of ether oxygens (including phenoxy) is 1. The van der Waals surface area contributed by atoms with Crippen molar-refractivity contribution in [2.24, 2.45) is 0 Å². The lowest BCUT2D eigenvalue weighted by Gasteiger charge is -2.08. The summed E-state index contributed by atoms with van der Waals surface area (Å²) < 4.78 is 5.52. The molecule has 2 aromatic rings. The number of benzene rings is 2. The lowest BCUT2D eigenvalue weighted by atomic mass is 10.2. The van der Waals surface area contributed by atoms with Crippen LogP contribution in [-0.2, 0) is 11.9 Å². The van der Waals surface area contributed by atoms with Gasteiger partial charge in [-0.15, -0.1) is 0 Å². The minimum Gasteiger partial charge on any atom is -0.482 e. The van der Waals surface area contributed by atoms with Crippen molar-refractivity contribution >= 4 is 33.2 Å². The van der Waals surface area contributed by atoms with Gasteiger partial charge >= 0.3 is 5.69 Å². The quantitative estimate of drug-likeness (QED) is 0.442. The van der Waals surface area contributed by atoms with Gasteiger partial charge in [0.05, 0.1) is 4.92 Å². The molecule has 0 heterocycles. The lowest BCUT2D eigenvalue weighted by molar-refractivity contribution is -0.386. The largest absolute Gasteiger partial charge is 0.482 e. The van der Waals surface area contributed by atoms with Gasteiger partial charge in [0.15, 0.2) is 5.75 Å². The Bertz CT molecular complexity index is 634. The van der Waals surface area contributed by atoms with E-state index in [1.807, 2.05) is 12.1 Å². The van der Waals surface area contributed by atoms with Crippen molar-refractivity contribution < 1.29 is 9.66 Å². The predicted molar refractivity (Wildman–Crippen MR) is 81.5 cm³/mol. The van der Waals surface area contributed by atoms with Crippen LogP contribution in [0.15, 0.2) is 42.5 Å². The Hall–Kier alpha value is -1.59. The zero-order valence-corrected chi connectivity index (χ0v) is 12.7. The van der Waals surface area contributed by atoms with E-state index in [0.29, 0.717) is 10.4 Å². The van der Waals surface area contributed by atoms with Crippen LogP contribution in [0.5, 0.6) is 5.75 Å². The van der Waals surface area contributed by atoms with Crippen LogP contribution in [0.4, 0.5) is 5.69 Å². The normalized spacial score (nSPS) is 10.3. The van der Waals surface area contributed by atoms with Crippen molar-refractivity contribution in [1.29, 1.82) is 0 Å². The summed E-state index contributed by atoms with van der Waals surface area (Å²) in [5, 5.41) is 12.2. The van der Waals surface area contributed by atoms with Gasteiger partial charge in [0.2, 0.25) is 0 Å². The van der Waals surface area contributed by atoms with Crippen LogP contribution < -0.4 is 4.74 Å². The van der Waals surface area contributed by atoms with Gasteiger partial charge < -0.3 is 4.74 Å². The zero-order valence-electron chi connectivity index (χ0n) is 10.4. The van der Waals surface area contributed by atoms with Gasteiger partial charge in [-0.3, -0.25) is 10.1 Å². The molecule has 0 saturated heterocycles. The van der Waals surface area contributed by atoms with Gasteiger partial charge in [-0.1, -0.05) is 45.7 Å². The number of nitro groups is 1. The van der Waals surface area contributed by atoms with Crippen LogP contribution in [0.25, 0.3) is 0 Å². The van der Waals surface area contributed by atoms with Crippen LogP contribution in [0.2, 0.25) is 5.02 Å². The standard InChI is InChI=1S/C14H11BrClNO3/c15-8-10-4-5-14(13(7-10)17(18)19)20-9-11-2-1-3-12(16)6-11/h1-7H,8-9H2. The van der Waals surface area contributed by atoms with E-state index in [0.717, 1.165) is 11.1 Å². The Morgan fingerprint density at radius 3 is 2.65 bits per heavy atom. The first-order valence-electron chi connectivity index (χ1n) is 5.80. The van der Waals surface area contributed by atoms with Gasteiger partial charge in [0.25, 0.3) is 0 Å². The molecule has 6 heteroatoms.